The fourth-order valence-corrected chi connectivity index (χ4v) is 7.23. The van der Waals surface area contributed by atoms with Gasteiger partial charge in [0, 0.05) is 49.4 Å². The number of rotatable bonds is 4. The van der Waals surface area contributed by atoms with Crippen LogP contribution in [0.5, 0.6) is 0 Å². The molecule has 0 saturated heterocycles. The summed E-state index contributed by atoms with van der Waals surface area (Å²) in [5, 5.41) is 4.60. The third kappa shape index (κ3) is 3.59. The van der Waals surface area contributed by atoms with Crippen LogP contribution in [0.2, 0.25) is 0 Å². The predicted octanol–water partition coefficient (Wildman–Crippen LogP) is 11.8. The highest BCUT2D eigenvalue weighted by molar-refractivity contribution is 7.26. The first-order chi connectivity index (χ1) is 20.8. The normalized spacial score (nSPS) is 11.8. The van der Waals surface area contributed by atoms with E-state index in [2.05, 4.69) is 132 Å². The quantitative estimate of drug-likeness (QED) is 0.215. The summed E-state index contributed by atoms with van der Waals surface area (Å²) >= 11 is 1.79. The van der Waals surface area contributed by atoms with Crippen LogP contribution < -0.4 is 4.90 Å². The van der Waals surface area contributed by atoms with Gasteiger partial charge in [0.1, 0.15) is 16.7 Å². The molecule has 0 saturated carbocycles. The van der Waals surface area contributed by atoms with Crippen molar-refractivity contribution in [2.24, 2.45) is 0 Å². The molecule has 9 aromatic rings. The average molecular weight is 558 g/mol. The van der Waals surface area contributed by atoms with Crippen molar-refractivity contribution in [3.8, 4) is 11.1 Å². The molecular formula is C38H23NO2S. The van der Waals surface area contributed by atoms with E-state index in [0.717, 1.165) is 66.7 Å². The summed E-state index contributed by atoms with van der Waals surface area (Å²) in [5.74, 6) is 0. The zero-order chi connectivity index (χ0) is 27.6. The van der Waals surface area contributed by atoms with Crippen LogP contribution in [0.3, 0.4) is 0 Å². The van der Waals surface area contributed by atoms with E-state index >= 15 is 0 Å². The van der Waals surface area contributed by atoms with Crippen LogP contribution in [0.25, 0.3) is 64.4 Å². The van der Waals surface area contributed by atoms with Crippen molar-refractivity contribution in [2.75, 3.05) is 4.90 Å². The fraction of sp³-hybridized carbons (Fsp3) is 0. The number of anilines is 3. The van der Waals surface area contributed by atoms with E-state index in [1.165, 1.54) is 14.8 Å². The maximum atomic E-state index is 6.48. The first-order valence-electron chi connectivity index (χ1n) is 14.0. The Morgan fingerprint density at radius 3 is 2.00 bits per heavy atom. The van der Waals surface area contributed by atoms with Crippen molar-refractivity contribution in [2.45, 2.75) is 0 Å². The largest absolute Gasteiger partial charge is 0.456 e. The van der Waals surface area contributed by atoms with Crippen LogP contribution in [0, 0.1) is 0 Å². The van der Waals surface area contributed by atoms with Crippen molar-refractivity contribution in [1.29, 1.82) is 0 Å². The summed E-state index contributed by atoms with van der Waals surface area (Å²) in [4.78, 5) is 2.28. The number of para-hydroxylation sites is 2. The predicted molar refractivity (Wildman–Crippen MR) is 176 cm³/mol. The molecule has 0 radical (unpaired) electrons. The Hall–Kier alpha value is -5.32. The molecule has 0 aliphatic rings. The Labute approximate surface area is 245 Å². The number of hydrogen-bond donors (Lipinski definition) is 0. The van der Waals surface area contributed by atoms with Crippen LogP contribution in [0.15, 0.2) is 148 Å². The summed E-state index contributed by atoms with van der Waals surface area (Å²) < 4.78 is 15.0. The van der Waals surface area contributed by atoms with Gasteiger partial charge in [-0.15, -0.1) is 11.3 Å². The number of hydrogen-bond acceptors (Lipinski definition) is 4. The molecule has 9 rings (SSSR count). The minimum Gasteiger partial charge on any atom is -0.456 e. The standard InChI is InChI=1S/C38H23NO2S/c1-2-8-26(9-3-1)39(28-19-20-30-35(23-28)41-37-31-11-5-7-13-36(31)42-38(30)37)27-17-14-24(15-18-27)25-16-21-34-32(22-25)29-10-4-6-12-33(29)40-34/h1-23H. The van der Waals surface area contributed by atoms with E-state index in [1.54, 1.807) is 11.3 Å². The summed E-state index contributed by atoms with van der Waals surface area (Å²) in [6.45, 7) is 0. The van der Waals surface area contributed by atoms with Gasteiger partial charge in [-0.3, -0.25) is 0 Å². The first kappa shape index (κ1) is 23.4. The van der Waals surface area contributed by atoms with E-state index in [4.69, 9.17) is 8.83 Å². The van der Waals surface area contributed by atoms with E-state index in [1.807, 2.05) is 12.1 Å². The molecule has 0 fully saturated rings. The summed E-state index contributed by atoms with van der Waals surface area (Å²) in [5.41, 5.74) is 9.25. The molecule has 0 aliphatic carbocycles. The Balaban J connectivity index is 1.14. The van der Waals surface area contributed by atoms with Crippen molar-refractivity contribution < 1.29 is 8.83 Å². The molecule has 0 spiro atoms. The van der Waals surface area contributed by atoms with Crippen molar-refractivity contribution in [1.82, 2.24) is 0 Å². The van der Waals surface area contributed by atoms with Gasteiger partial charge in [-0.2, -0.15) is 0 Å². The zero-order valence-corrected chi connectivity index (χ0v) is 23.3. The van der Waals surface area contributed by atoms with Crippen LogP contribution in [-0.2, 0) is 0 Å². The third-order valence-electron chi connectivity index (χ3n) is 8.08. The number of fused-ring (bicyclic) bond motifs is 8. The molecule has 6 aromatic carbocycles. The summed E-state index contributed by atoms with van der Waals surface area (Å²) in [6, 6.07) is 48.9. The van der Waals surface area contributed by atoms with Crippen LogP contribution in [0.4, 0.5) is 17.1 Å². The molecule has 0 amide bonds. The second-order valence-electron chi connectivity index (χ2n) is 10.6. The van der Waals surface area contributed by atoms with Gasteiger partial charge in [0.2, 0.25) is 0 Å². The molecule has 4 heteroatoms. The Bertz CT molecular complexity index is 2410. The Morgan fingerprint density at radius 2 is 1.12 bits per heavy atom. The lowest BCUT2D eigenvalue weighted by molar-refractivity contribution is 0.669. The molecule has 198 valence electrons. The molecule has 3 heterocycles. The maximum Gasteiger partial charge on any atom is 0.154 e. The van der Waals surface area contributed by atoms with Gasteiger partial charge in [-0.1, -0.05) is 66.7 Å². The highest BCUT2D eigenvalue weighted by atomic mass is 32.1. The second-order valence-corrected chi connectivity index (χ2v) is 11.6. The maximum absolute atomic E-state index is 6.48. The molecule has 0 bridgehead atoms. The van der Waals surface area contributed by atoms with Gasteiger partial charge in [-0.05, 0) is 77.9 Å². The fourth-order valence-electron chi connectivity index (χ4n) is 6.07. The topological polar surface area (TPSA) is 29.5 Å². The van der Waals surface area contributed by atoms with Crippen molar-refractivity contribution in [3.63, 3.8) is 0 Å². The highest BCUT2D eigenvalue weighted by Crippen LogP contribution is 2.43. The average Bonchev–Trinajstić information content (AvgIpc) is 3.71. The number of benzene rings is 6. The van der Waals surface area contributed by atoms with Gasteiger partial charge in [0.05, 0.1) is 4.70 Å². The van der Waals surface area contributed by atoms with Crippen LogP contribution in [0.1, 0.15) is 0 Å². The van der Waals surface area contributed by atoms with Crippen molar-refractivity contribution in [3.05, 3.63) is 140 Å². The molecular weight excluding hydrogens is 534 g/mol. The third-order valence-corrected chi connectivity index (χ3v) is 9.27. The van der Waals surface area contributed by atoms with E-state index in [0.29, 0.717) is 0 Å². The zero-order valence-electron chi connectivity index (χ0n) is 22.5. The molecule has 3 nitrogen and oxygen atoms in total. The van der Waals surface area contributed by atoms with Gasteiger partial charge < -0.3 is 13.7 Å². The molecule has 0 unspecified atom stereocenters. The monoisotopic (exact) mass is 557 g/mol. The minimum absolute atomic E-state index is 0.901. The summed E-state index contributed by atoms with van der Waals surface area (Å²) in [7, 11) is 0. The van der Waals surface area contributed by atoms with Crippen LogP contribution in [-0.4, -0.2) is 0 Å². The molecule has 0 atom stereocenters. The number of nitrogens with zero attached hydrogens (tertiary/aromatic N) is 1. The lowest BCUT2D eigenvalue weighted by Crippen LogP contribution is -2.09. The Morgan fingerprint density at radius 1 is 0.429 bits per heavy atom. The second kappa shape index (κ2) is 9.10. The lowest BCUT2D eigenvalue weighted by atomic mass is 10.0. The smallest absolute Gasteiger partial charge is 0.154 e. The van der Waals surface area contributed by atoms with Crippen molar-refractivity contribution >= 4 is 81.7 Å². The molecule has 0 N–H and O–H groups in total. The van der Waals surface area contributed by atoms with Crippen LogP contribution >= 0.6 is 11.3 Å². The lowest BCUT2D eigenvalue weighted by Gasteiger charge is -2.25. The molecule has 0 aliphatic heterocycles. The van der Waals surface area contributed by atoms with E-state index in [-0.39, 0.29) is 0 Å². The SMILES string of the molecule is c1ccc(N(c2ccc(-c3ccc4oc5ccccc5c4c3)cc2)c2ccc3c(c2)oc2c4ccccc4sc32)cc1. The van der Waals surface area contributed by atoms with Gasteiger partial charge >= 0.3 is 0 Å². The summed E-state index contributed by atoms with van der Waals surface area (Å²) in [6.07, 6.45) is 0. The number of furan rings is 2. The minimum atomic E-state index is 0.901. The van der Waals surface area contributed by atoms with Gasteiger partial charge in [0.25, 0.3) is 0 Å². The molecule has 3 aromatic heterocycles. The van der Waals surface area contributed by atoms with E-state index in [9.17, 15) is 0 Å². The first-order valence-corrected chi connectivity index (χ1v) is 14.8. The molecule has 42 heavy (non-hydrogen) atoms. The van der Waals surface area contributed by atoms with Gasteiger partial charge in [-0.25, -0.2) is 0 Å². The number of thiophene rings is 1. The van der Waals surface area contributed by atoms with Gasteiger partial charge in [0.15, 0.2) is 5.58 Å². The highest BCUT2D eigenvalue weighted by Gasteiger charge is 2.18. The Kier molecular flexibility index (Phi) is 5.07. The van der Waals surface area contributed by atoms with E-state index < -0.39 is 0 Å².